The normalized spacial score (nSPS) is 11.3. The van der Waals surface area contributed by atoms with E-state index in [0.717, 1.165) is 21.4 Å². The first-order valence-corrected chi connectivity index (χ1v) is 8.01. The zero-order valence-electron chi connectivity index (χ0n) is 13.4. The molecule has 0 aliphatic heterocycles. The van der Waals surface area contributed by atoms with E-state index in [1.54, 1.807) is 18.9 Å². The van der Waals surface area contributed by atoms with Crippen LogP contribution in [-0.2, 0) is 14.4 Å². The zero-order valence-corrected chi connectivity index (χ0v) is 14.2. The third kappa shape index (κ3) is 4.89. The van der Waals surface area contributed by atoms with Crippen molar-refractivity contribution in [1.82, 2.24) is 0 Å². The van der Waals surface area contributed by atoms with Crippen LogP contribution in [0.4, 0.5) is 0 Å². The van der Waals surface area contributed by atoms with Gasteiger partial charge in [0.05, 0.1) is 26.4 Å². The molecule has 0 amide bonds. The minimum Gasteiger partial charge on any atom is -0.497 e. The smallest absolute Gasteiger partial charge is 0.311 e. The van der Waals surface area contributed by atoms with Crippen molar-refractivity contribution >= 4 is 34.2 Å². The lowest BCUT2D eigenvalue weighted by molar-refractivity contribution is -0.139. The van der Waals surface area contributed by atoms with E-state index in [1.165, 1.54) is 14.2 Å². The van der Waals surface area contributed by atoms with E-state index in [1.807, 2.05) is 30.3 Å². The second-order valence-electron chi connectivity index (χ2n) is 4.76. The fraction of sp³-hybridized carbons (Fsp3) is 0.294. The van der Waals surface area contributed by atoms with Gasteiger partial charge in [-0.05, 0) is 35.0 Å². The van der Waals surface area contributed by atoms with Gasteiger partial charge in [-0.1, -0.05) is 17.3 Å². The predicted octanol–water partition coefficient (Wildman–Crippen LogP) is 3.51. The fourth-order valence-electron chi connectivity index (χ4n) is 2.06. The number of thioether (sulfide) groups is 1. The summed E-state index contributed by atoms with van der Waals surface area (Å²) in [7, 11) is 4.48. The third-order valence-electron chi connectivity index (χ3n) is 3.22. The van der Waals surface area contributed by atoms with Crippen molar-refractivity contribution in [3.8, 4) is 5.75 Å². The highest BCUT2D eigenvalue weighted by Gasteiger charge is 2.10. The molecule has 2 rings (SSSR count). The monoisotopic (exact) mass is 333 g/mol. The summed E-state index contributed by atoms with van der Waals surface area (Å²) in [6.07, 6.45) is 0.127. The van der Waals surface area contributed by atoms with Crippen LogP contribution in [0.1, 0.15) is 6.42 Å². The molecule has 0 heterocycles. The van der Waals surface area contributed by atoms with E-state index >= 15 is 0 Å². The predicted molar refractivity (Wildman–Crippen MR) is 92.3 cm³/mol. The molecule has 0 aliphatic rings. The molecule has 2 aromatic carbocycles. The van der Waals surface area contributed by atoms with Gasteiger partial charge in [0.25, 0.3) is 0 Å². The highest BCUT2D eigenvalue weighted by atomic mass is 32.2. The Labute approximate surface area is 139 Å². The molecule has 0 radical (unpaired) electrons. The van der Waals surface area contributed by atoms with Crippen molar-refractivity contribution in [2.24, 2.45) is 5.16 Å². The van der Waals surface area contributed by atoms with Gasteiger partial charge < -0.3 is 14.3 Å². The first-order valence-electron chi connectivity index (χ1n) is 7.02. The number of carbonyl (C=O) groups excluding carboxylic acids is 1. The van der Waals surface area contributed by atoms with Crippen molar-refractivity contribution in [2.75, 3.05) is 27.1 Å². The Hall–Kier alpha value is -2.21. The SMILES string of the molecule is CO/N=C(/CSc1ccc2cc(OC)ccc2c1)CC(=O)OC. The Morgan fingerprint density at radius 3 is 2.52 bits per heavy atom. The molecule has 0 saturated carbocycles. The van der Waals surface area contributed by atoms with E-state index in [9.17, 15) is 4.79 Å². The number of benzene rings is 2. The van der Waals surface area contributed by atoms with Crippen LogP contribution in [0.5, 0.6) is 5.75 Å². The Kier molecular flexibility index (Phi) is 6.29. The Morgan fingerprint density at radius 2 is 1.83 bits per heavy atom. The summed E-state index contributed by atoms with van der Waals surface area (Å²) < 4.78 is 9.89. The lowest BCUT2D eigenvalue weighted by Gasteiger charge is -2.07. The molecule has 0 atom stereocenters. The number of ether oxygens (including phenoxy) is 2. The van der Waals surface area contributed by atoms with Crippen molar-refractivity contribution in [1.29, 1.82) is 0 Å². The molecule has 0 saturated heterocycles. The standard InChI is InChI=1S/C17H19NO4S/c1-20-15-6-4-13-9-16(7-5-12(13)8-15)23-11-14(18-22-3)10-17(19)21-2/h4-9H,10-11H2,1-3H3/b18-14+. The average Bonchev–Trinajstić information content (AvgIpc) is 2.59. The minimum absolute atomic E-state index is 0.127. The first kappa shape index (κ1) is 17.1. The number of hydrogen-bond donors (Lipinski definition) is 0. The lowest BCUT2D eigenvalue weighted by Crippen LogP contribution is -2.12. The Bertz CT molecular complexity index is 715. The first-order chi connectivity index (χ1) is 11.2. The maximum Gasteiger partial charge on any atom is 0.311 e. The molecule has 6 heteroatoms. The van der Waals surface area contributed by atoms with Crippen LogP contribution in [-0.4, -0.2) is 38.8 Å². The van der Waals surface area contributed by atoms with E-state index < -0.39 is 0 Å². The number of oxime groups is 1. The van der Waals surface area contributed by atoms with Gasteiger partial charge in [0.1, 0.15) is 12.9 Å². The molecule has 2 aromatic rings. The van der Waals surface area contributed by atoms with Crippen LogP contribution >= 0.6 is 11.8 Å². The summed E-state index contributed by atoms with van der Waals surface area (Å²) in [6.45, 7) is 0. The molecule has 0 unspecified atom stereocenters. The second kappa shape index (κ2) is 8.43. The van der Waals surface area contributed by atoms with Gasteiger partial charge in [-0.3, -0.25) is 4.79 Å². The van der Waals surface area contributed by atoms with Gasteiger partial charge >= 0.3 is 5.97 Å². The van der Waals surface area contributed by atoms with E-state index in [-0.39, 0.29) is 12.4 Å². The quantitative estimate of drug-likeness (QED) is 0.336. The van der Waals surface area contributed by atoms with E-state index in [0.29, 0.717) is 11.5 Å². The van der Waals surface area contributed by atoms with Crippen molar-refractivity contribution in [2.45, 2.75) is 11.3 Å². The van der Waals surface area contributed by atoms with Gasteiger partial charge in [0.15, 0.2) is 0 Å². The summed E-state index contributed by atoms with van der Waals surface area (Å²) in [4.78, 5) is 17.2. The fourth-order valence-corrected chi connectivity index (χ4v) is 2.93. The van der Waals surface area contributed by atoms with Gasteiger partial charge in [-0.15, -0.1) is 11.8 Å². The van der Waals surface area contributed by atoms with Gasteiger partial charge in [-0.25, -0.2) is 0 Å². The molecule has 0 spiro atoms. The number of esters is 1. The van der Waals surface area contributed by atoms with Crippen molar-refractivity contribution in [3.05, 3.63) is 36.4 Å². The van der Waals surface area contributed by atoms with E-state index in [2.05, 4.69) is 16.0 Å². The highest BCUT2D eigenvalue weighted by molar-refractivity contribution is 8.00. The van der Waals surface area contributed by atoms with Crippen LogP contribution in [0.3, 0.4) is 0 Å². The number of rotatable bonds is 7. The largest absolute Gasteiger partial charge is 0.497 e. The Balaban J connectivity index is 2.08. The molecule has 0 fully saturated rings. The van der Waals surface area contributed by atoms with Gasteiger partial charge in [0.2, 0.25) is 0 Å². The van der Waals surface area contributed by atoms with Crippen LogP contribution in [0.2, 0.25) is 0 Å². The summed E-state index contributed by atoms with van der Waals surface area (Å²) >= 11 is 1.60. The molecular weight excluding hydrogens is 314 g/mol. The maximum absolute atomic E-state index is 11.4. The summed E-state index contributed by atoms with van der Waals surface area (Å²) in [6, 6.07) is 12.1. The number of carbonyl (C=O) groups is 1. The summed E-state index contributed by atoms with van der Waals surface area (Å²) in [5, 5.41) is 6.14. The van der Waals surface area contributed by atoms with Crippen LogP contribution in [0.15, 0.2) is 46.4 Å². The minimum atomic E-state index is -0.327. The van der Waals surface area contributed by atoms with Crippen molar-refractivity contribution in [3.63, 3.8) is 0 Å². The molecule has 5 nitrogen and oxygen atoms in total. The molecule has 0 aromatic heterocycles. The molecule has 0 N–H and O–H groups in total. The van der Waals surface area contributed by atoms with Gasteiger partial charge in [-0.2, -0.15) is 0 Å². The maximum atomic E-state index is 11.4. The average molecular weight is 333 g/mol. The molecule has 0 bridgehead atoms. The number of nitrogens with zero attached hydrogens (tertiary/aromatic N) is 1. The van der Waals surface area contributed by atoms with Crippen LogP contribution in [0, 0.1) is 0 Å². The molecule has 23 heavy (non-hydrogen) atoms. The summed E-state index contributed by atoms with van der Waals surface area (Å²) in [5.74, 6) is 1.07. The molecular formula is C17H19NO4S. The number of methoxy groups -OCH3 is 2. The number of hydrogen-bond acceptors (Lipinski definition) is 6. The number of fused-ring (bicyclic) bond motifs is 1. The van der Waals surface area contributed by atoms with Crippen LogP contribution in [0.25, 0.3) is 10.8 Å². The van der Waals surface area contributed by atoms with Gasteiger partial charge in [0, 0.05) is 10.6 Å². The molecule has 122 valence electrons. The van der Waals surface area contributed by atoms with Crippen LogP contribution < -0.4 is 4.74 Å². The highest BCUT2D eigenvalue weighted by Crippen LogP contribution is 2.26. The zero-order chi connectivity index (χ0) is 16.7. The molecule has 0 aliphatic carbocycles. The van der Waals surface area contributed by atoms with Crippen molar-refractivity contribution < 1.29 is 19.1 Å². The lowest BCUT2D eigenvalue weighted by atomic mass is 10.1. The third-order valence-corrected chi connectivity index (χ3v) is 4.29. The Morgan fingerprint density at radius 1 is 1.09 bits per heavy atom. The van der Waals surface area contributed by atoms with E-state index in [4.69, 9.17) is 9.57 Å². The topological polar surface area (TPSA) is 57.1 Å². The summed E-state index contributed by atoms with van der Waals surface area (Å²) in [5.41, 5.74) is 0.638. The second-order valence-corrected chi connectivity index (χ2v) is 5.81.